The Morgan fingerprint density at radius 2 is 2.05 bits per heavy atom. The van der Waals surface area contributed by atoms with Crippen molar-refractivity contribution < 1.29 is 0 Å². The van der Waals surface area contributed by atoms with E-state index in [1.165, 1.54) is 5.56 Å². The van der Waals surface area contributed by atoms with Crippen LogP contribution in [0.1, 0.15) is 39.1 Å². The van der Waals surface area contributed by atoms with Crippen LogP contribution in [0.4, 0.5) is 5.82 Å². The molecule has 2 aromatic heterocycles. The molecule has 2 heterocycles. The predicted molar refractivity (Wildman–Crippen MR) is 76.0 cm³/mol. The fourth-order valence-electron chi connectivity index (χ4n) is 1.79. The van der Waals surface area contributed by atoms with Crippen LogP contribution in [-0.4, -0.2) is 19.7 Å². The van der Waals surface area contributed by atoms with Crippen LogP contribution in [0.5, 0.6) is 0 Å². The Labute approximate surface area is 114 Å². The van der Waals surface area contributed by atoms with Crippen LogP contribution in [0.2, 0.25) is 0 Å². The van der Waals surface area contributed by atoms with Gasteiger partial charge < -0.3 is 9.88 Å². The van der Waals surface area contributed by atoms with Gasteiger partial charge in [-0.25, -0.2) is 4.98 Å². The molecule has 0 fully saturated rings. The number of aromatic nitrogens is 4. The molecule has 0 aromatic carbocycles. The van der Waals surface area contributed by atoms with Crippen molar-refractivity contribution in [1.82, 2.24) is 19.7 Å². The first-order valence-corrected chi connectivity index (χ1v) is 6.58. The number of pyridine rings is 1. The third-order valence-corrected chi connectivity index (χ3v) is 3.09. The molecule has 0 radical (unpaired) electrons. The van der Waals surface area contributed by atoms with Crippen molar-refractivity contribution in [3.63, 3.8) is 0 Å². The van der Waals surface area contributed by atoms with Crippen molar-refractivity contribution >= 4 is 5.82 Å². The van der Waals surface area contributed by atoms with Gasteiger partial charge in [-0.1, -0.05) is 26.8 Å². The maximum Gasteiger partial charge on any atom is 0.152 e. The van der Waals surface area contributed by atoms with Gasteiger partial charge in [-0.3, -0.25) is 0 Å². The SMILES string of the molecule is CCn1cnnc1CNc1ccc(C(C)(C)C)cn1. The topological polar surface area (TPSA) is 55.6 Å². The van der Waals surface area contributed by atoms with Gasteiger partial charge in [-0.15, -0.1) is 10.2 Å². The Morgan fingerprint density at radius 1 is 1.26 bits per heavy atom. The molecule has 0 saturated carbocycles. The summed E-state index contributed by atoms with van der Waals surface area (Å²) in [4.78, 5) is 4.43. The van der Waals surface area contributed by atoms with Crippen LogP contribution in [-0.2, 0) is 18.5 Å². The summed E-state index contributed by atoms with van der Waals surface area (Å²) in [7, 11) is 0. The molecule has 5 nitrogen and oxygen atoms in total. The quantitative estimate of drug-likeness (QED) is 0.917. The van der Waals surface area contributed by atoms with Crippen LogP contribution in [0.15, 0.2) is 24.7 Å². The highest BCUT2D eigenvalue weighted by molar-refractivity contribution is 5.37. The Balaban J connectivity index is 2.01. The van der Waals surface area contributed by atoms with Gasteiger partial charge in [0.1, 0.15) is 12.1 Å². The van der Waals surface area contributed by atoms with Crippen LogP contribution in [0.3, 0.4) is 0 Å². The second-order valence-corrected chi connectivity index (χ2v) is 5.57. The molecule has 0 aliphatic carbocycles. The van der Waals surface area contributed by atoms with Crippen molar-refractivity contribution in [1.29, 1.82) is 0 Å². The molecule has 0 atom stereocenters. The largest absolute Gasteiger partial charge is 0.363 e. The molecule has 0 aliphatic rings. The molecule has 2 rings (SSSR count). The van der Waals surface area contributed by atoms with Crippen molar-refractivity contribution in [3.05, 3.63) is 36.0 Å². The van der Waals surface area contributed by atoms with E-state index >= 15 is 0 Å². The number of hydrogen-bond acceptors (Lipinski definition) is 4. The molecule has 0 aliphatic heterocycles. The first-order chi connectivity index (χ1) is 9.00. The van der Waals surface area contributed by atoms with E-state index in [0.29, 0.717) is 6.54 Å². The summed E-state index contributed by atoms with van der Waals surface area (Å²) < 4.78 is 2.01. The minimum absolute atomic E-state index is 0.133. The van der Waals surface area contributed by atoms with Crippen molar-refractivity contribution in [2.45, 2.75) is 46.2 Å². The van der Waals surface area contributed by atoms with Gasteiger partial charge in [0, 0.05) is 12.7 Å². The van der Waals surface area contributed by atoms with Gasteiger partial charge in [-0.2, -0.15) is 0 Å². The minimum Gasteiger partial charge on any atom is -0.363 e. The first-order valence-electron chi connectivity index (χ1n) is 6.58. The van der Waals surface area contributed by atoms with Gasteiger partial charge in [-0.05, 0) is 24.0 Å². The number of aryl methyl sites for hydroxylation is 1. The molecule has 0 saturated heterocycles. The number of hydrogen-bond donors (Lipinski definition) is 1. The van der Waals surface area contributed by atoms with E-state index in [9.17, 15) is 0 Å². The zero-order chi connectivity index (χ0) is 13.9. The zero-order valence-electron chi connectivity index (χ0n) is 12.0. The number of nitrogens with zero attached hydrogens (tertiary/aromatic N) is 4. The molecule has 0 unspecified atom stereocenters. The van der Waals surface area contributed by atoms with Crippen LogP contribution in [0, 0.1) is 0 Å². The lowest BCUT2D eigenvalue weighted by molar-refractivity contribution is 0.587. The maximum atomic E-state index is 4.43. The highest BCUT2D eigenvalue weighted by Crippen LogP contribution is 2.21. The highest BCUT2D eigenvalue weighted by Gasteiger charge is 2.13. The molecule has 102 valence electrons. The second kappa shape index (κ2) is 5.38. The van der Waals surface area contributed by atoms with Crippen molar-refractivity contribution in [2.24, 2.45) is 0 Å². The van der Waals surface area contributed by atoms with Crippen molar-refractivity contribution in [3.8, 4) is 0 Å². The van der Waals surface area contributed by atoms with Crippen LogP contribution < -0.4 is 5.32 Å². The lowest BCUT2D eigenvalue weighted by Crippen LogP contribution is -2.12. The standard InChI is InChI=1S/C14H21N5/c1-5-19-10-17-18-13(19)9-16-12-7-6-11(8-15-12)14(2,3)4/h6-8,10H,5,9H2,1-4H3,(H,15,16). The van der Waals surface area contributed by atoms with Gasteiger partial charge >= 0.3 is 0 Å². The van der Waals surface area contributed by atoms with E-state index in [-0.39, 0.29) is 5.41 Å². The summed E-state index contributed by atoms with van der Waals surface area (Å²) in [5.41, 5.74) is 1.36. The molecular formula is C14H21N5. The molecule has 0 spiro atoms. The van der Waals surface area contributed by atoms with E-state index in [4.69, 9.17) is 0 Å². The Bertz CT molecular complexity index is 522. The number of nitrogens with one attached hydrogen (secondary N) is 1. The summed E-state index contributed by atoms with van der Waals surface area (Å²) in [5, 5.41) is 11.3. The summed E-state index contributed by atoms with van der Waals surface area (Å²) in [6, 6.07) is 4.12. The van der Waals surface area contributed by atoms with Gasteiger partial charge in [0.2, 0.25) is 0 Å². The van der Waals surface area contributed by atoms with E-state index in [1.807, 2.05) is 16.8 Å². The van der Waals surface area contributed by atoms with Gasteiger partial charge in [0.15, 0.2) is 5.82 Å². The number of rotatable bonds is 4. The summed E-state index contributed by atoms with van der Waals surface area (Å²) in [6.45, 7) is 10.1. The zero-order valence-corrected chi connectivity index (χ0v) is 12.0. The smallest absolute Gasteiger partial charge is 0.152 e. The van der Waals surface area contributed by atoms with Gasteiger partial charge in [0.05, 0.1) is 6.54 Å². The third-order valence-electron chi connectivity index (χ3n) is 3.09. The molecule has 5 heteroatoms. The Hall–Kier alpha value is -1.91. The number of anilines is 1. The predicted octanol–water partition coefficient (Wildman–Crippen LogP) is 2.60. The summed E-state index contributed by atoms with van der Waals surface area (Å²) in [6.07, 6.45) is 3.67. The van der Waals surface area contributed by atoms with Crippen molar-refractivity contribution in [2.75, 3.05) is 5.32 Å². The average Bonchev–Trinajstić information content (AvgIpc) is 2.83. The molecule has 0 bridgehead atoms. The van der Waals surface area contributed by atoms with Gasteiger partial charge in [0.25, 0.3) is 0 Å². The fourth-order valence-corrected chi connectivity index (χ4v) is 1.79. The summed E-state index contributed by atoms with van der Waals surface area (Å²) in [5.74, 6) is 1.78. The van der Waals surface area contributed by atoms with E-state index in [2.05, 4.69) is 54.3 Å². The molecule has 2 aromatic rings. The maximum absolute atomic E-state index is 4.43. The van der Waals surface area contributed by atoms with E-state index in [1.54, 1.807) is 6.33 Å². The minimum atomic E-state index is 0.133. The summed E-state index contributed by atoms with van der Waals surface area (Å²) >= 11 is 0. The van der Waals surface area contributed by atoms with Crippen LogP contribution in [0.25, 0.3) is 0 Å². The van der Waals surface area contributed by atoms with E-state index in [0.717, 1.165) is 18.2 Å². The molecular weight excluding hydrogens is 238 g/mol. The second-order valence-electron chi connectivity index (χ2n) is 5.57. The van der Waals surface area contributed by atoms with Crippen LogP contribution >= 0.6 is 0 Å². The fraction of sp³-hybridized carbons (Fsp3) is 0.500. The molecule has 19 heavy (non-hydrogen) atoms. The first kappa shape index (κ1) is 13.5. The molecule has 1 N–H and O–H groups in total. The lowest BCUT2D eigenvalue weighted by atomic mass is 9.88. The van der Waals surface area contributed by atoms with E-state index < -0.39 is 0 Å². The lowest BCUT2D eigenvalue weighted by Gasteiger charge is -2.18. The normalized spacial score (nSPS) is 11.6. The Kier molecular flexibility index (Phi) is 3.83. The molecule has 0 amide bonds. The average molecular weight is 259 g/mol. The Morgan fingerprint density at radius 3 is 2.63 bits per heavy atom. The monoisotopic (exact) mass is 259 g/mol. The highest BCUT2D eigenvalue weighted by atomic mass is 15.3. The third kappa shape index (κ3) is 3.30.